The molecule has 0 fully saturated rings. The van der Waals surface area contributed by atoms with Gasteiger partial charge in [0.05, 0.1) is 4.92 Å². The molecule has 0 heterocycles. The number of aryl methyl sites for hydroxylation is 1. The molecule has 0 aliphatic rings. The second kappa shape index (κ2) is 7.21. The Bertz CT molecular complexity index is 385. The summed E-state index contributed by atoms with van der Waals surface area (Å²) in [6.07, 6.45) is 1.57. The molecule has 0 saturated carbocycles. The number of hydrogen-bond acceptors (Lipinski definition) is 4. The molecule has 0 bridgehead atoms. The molecule has 96 valence electrons. The van der Waals surface area contributed by atoms with Gasteiger partial charge in [-0.1, -0.05) is 12.1 Å². The molecule has 1 aromatic rings. The molecule has 0 radical (unpaired) electrons. The molecule has 1 aromatic carbocycles. The Hall–Kier alpha value is -1.17. The fraction of sp³-hybridized carbons (Fsp3) is 0.455. The van der Waals surface area contributed by atoms with Gasteiger partial charge in [0.25, 0.3) is 5.69 Å². The quantitative estimate of drug-likeness (QED) is 0.625. The first kappa shape index (κ1) is 15.8. The van der Waals surface area contributed by atoms with E-state index >= 15 is 0 Å². The van der Waals surface area contributed by atoms with Crippen molar-refractivity contribution in [2.45, 2.75) is 25.8 Å². The van der Waals surface area contributed by atoms with Gasteiger partial charge < -0.3 is 11.5 Å². The first-order valence-corrected chi connectivity index (χ1v) is 5.27. The third kappa shape index (κ3) is 4.30. The van der Waals surface area contributed by atoms with Gasteiger partial charge in [-0.2, -0.15) is 0 Å². The third-order valence-electron chi connectivity index (χ3n) is 2.58. The summed E-state index contributed by atoms with van der Waals surface area (Å²) in [7, 11) is 0. The van der Waals surface area contributed by atoms with E-state index < -0.39 is 0 Å². The average molecular weight is 260 g/mol. The van der Waals surface area contributed by atoms with Gasteiger partial charge in [0, 0.05) is 17.7 Å². The number of hydrogen-bond donors (Lipinski definition) is 2. The SMILES string of the molecule is Cc1ccc([C@H](N)CCCN)cc1[N+](=O)[O-].Cl. The zero-order valence-corrected chi connectivity index (χ0v) is 10.6. The normalized spacial score (nSPS) is 11.7. The number of halogens is 1. The Labute approximate surface area is 107 Å². The van der Waals surface area contributed by atoms with Crippen LogP contribution in [0.15, 0.2) is 18.2 Å². The van der Waals surface area contributed by atoms with Gasteiger partial charge in [0.2, 0.25) is 0 Å². The fourth-order valence-electron chi connectivity index (χ4n) is 1.56. The molecule has 0 spiro atoms. The summed E-state index contributed by atoms with van der Waals surface area (Å²) < 4.78 is 0. The van der Waals surface area contributed by atoms with Gasteiger partial charge in [0.1, 0.15) is 0 Å². The predicted molar refractivity (Wildman–Crippen MR) is 70.3 cm³/mol. The minimum atomic E-state index is -0.380. The Balaban J connectivity index is 0.00000256. The van der Waals surface area contributed by atoms with Crippen molar-refractivity contribution in [3.05, 3.63) is 39.4 Å². The predicted octanol–water partition coefficient (Wildman–Crippen LogP) is 2.06. The standard InChI is InChI=1S/C11H17N3O2.ClH/c1-8-4-5-9(7-11(8)14(15)16)10(13)3-2-6-12;/h4-5,7,10H,2-3,6,12-13H2,1H3;1H/t10-;/m1./s1. The summed E-state index contributed by atoms with van der Waals surface area (Å²) in [5.41, 5.74) is 12.9. The lowest BCUT2D eigenvalue weighted by Crippen LogP contribution is -2.12. The molecule has 0 aromatic heterocycles. The Morgan fingerprint density at radius 3 is 2.65 bits per heavy atom. The number of rotatable bonds is 5. The molecule has 0 aliphatic heterocycles. The Morgan fingerprint density at radius 1 is 1.47 bits per heavy atom. The number of nitro benzene ring substituents is 1. The van der Waals surface area contributed by atoms with E-state index in [-0.39, 0.29) is 29.1 Å². The van der Waals surface area contributed by atoms with Crippen molar-refractivity contribution in [2.24, 2.45) is 11.5 Å². The highest BCUT2D eigenvalue weighted by atomic mass is 35.5. The van der Waals surface area contributed by atoms with Gasteiger partial charge in [-0.15, -0.1) is 12.4 Å². The van der Waals surface area contributed by atoms with Crippen LogP contribution >= 0.6 is 12.4 Å². The van der Waals surface area contributed by atoms with Crippen molar-refractivity contribution in [3.63, 3.8) is 0 Å². The van der Waals surface area contributed by atoms with Crippen LogP contribution < -0.4 is 11.5 Å². The molecule has 6 heteroatoms. The van der Waals surface area contributed by atoms with Crippen molar-refractivity contribution in [1.82, 2.24) is 0 Å². The van der Waals surface area contributed by atoms with Crippen LogP contribution in [0.2, 0.25) is 0 Å². The molecule has 0 unspecified atom stereocenters. The maximum Gasteiger partial charge on any atom is 0.272 e. The van der Waals surface area contributed by atoms with E-state index in [0.717, 1.165) is 18.4 Å². The van der Waals surface area contributed by atoms with E-state index in [2.05, 4.69) is 0 Å². The highest BCUT2D eigenvalue weighted by molar-refractivity contribution is 5.85. The summed E-state index contributed by atoms with van der Waals surface area (Å²) in [5.74, 6) is 0. The molecule has 0 aliphatic carbocycles. The number of nitrogens with two attached hydrogens (primary N) is 2. The Morgan fingerprint density at radius 2 is 2.12 bits per heavy atom. The van der Waals surface area contributed by atoms with Crippen LogP contribution in [0.25, 0.3) is 0 Å². The van der Waals surface area contributed by atoms with Crippen LogP contribution in [-0.4, -0.2) is 11.5 Å². The lowest BCUT2D eigenvalue weighted by Gasteiger charge is -2.11. The van der Waals surface area contributed by atoms with Crippen molar-refractivity contribution in [1.29, 1.82) is 0 Å². The lowest BCUT2D eigenvalue weighted by molar-refractivity contribution is -0.385. The topological polar surface area (TPSA) is 95.2 Å². The molecular formula is C11H18ClN3O2. The monoisotopic (exact) mass is 259 g/mol. The van der Waals surface area contributed by atoms with Gasteiger partial charge in [-0.05, 0) is 31.9 Å². The summed E-state index contributed by atoms with van der Waals surface area (Å²) in [5, 5.41) is 10.8. The summed E-state index contributed by atoms with van der Waals surface area (Å²) in [6, 6.07) is 4.94. The minimum absolute atomic E-state index is 0. The van der Waals surface area contributed by atoms with Crippen molar-refractivity contribution >= 4 is 18.1 Å². The zero-order chi connectivity index (χ0) is 12.1. The van der Waals surface area contributed by atoms with Crippen molar-refractivity contribution in [2.75, 3.05) is 6.54 Å². The van der Waals surface area contributed by atoms with E-state index in [4.69, 9.17) is 11.5 Å². The summed E-state index contributed by atoms with van der Waals surface area (Å²) >= 11 is 0. The molecule has 4 N–H and O–H groups in total. The van der Waals surface area contributed by atoms with Crippen LogP contribution in [0.3, 0.4) is 0 Å². The summed E-state index contributed by atoms with van der Waals surface area (Å²) in [6.45, 7) is 2.30. The van der Waals surface area contributed by atoms with Crippen LogP contribution in [0, 0.1) is 17.0 Å². The van der Waals surface area contributed by atoms with Crippen LogP contribution in [0.1, 0.15) is 30.0 Å². The van der Waals surface area contributed by atoms with Gasteiger partial charge in [-0.3, -0.25) is 10.1 Å². The first-order valence-electron chi connectivity index (χ1n) is 5.27. The maximum absolute atomic E-state index is 10.8. The second-order valence-corrected chi connectivity index (χ2v) is 3.84. The minimum Gasteiger partial charge on any atom is -0.330 e. The third-order valence-corrected chi connectivity index (χ3v) is 2.58. The van der Waals surface area contributed by atoms with E-state index in [1.165, 1.54) is 0 Å². The van der Waals surface area contributed by atoms with Crippen molar-refractivity contribution < 1.29 is 4.92 Å². The fourth-order valence-corrected chi connectivity index (χ4v) is 1.56. The highest BCUT2D eigenvalue weighted by Gasteiger charge is 2.14. The number of nitrogens with zero attached hydrogens (tertiary/aromatic N) is 1. The molecule has 1 rings (SSSR count). The molecule has 5 nitrogen and oxygen atoms in total. The van der Waals surface area contributed by atoms with E-state index in [1.54, 1.807) is 19.1 Å². The first-order chi connectivity index (χ1) is 7.56. The largest absolute Gasteiger partial charge is 0.330 e. The number of benzene rings is 1. The van der Waals surface area contributed by atoms with E-state index in [0.29, 0.717) is 12.1 Å². The molecule has 0 amide bonds. The van der Waals surface area contributed by atoms with Crippen LogP contribution in [-0.2, 0) is 0 Å². The van der Waals surface area contributed by atoms with E-state index in [1.807, 2.05) is 6.07 Å². The lowest BCUT2D eigenvalue weighted by atomic mass is 10.0. The van der Waals surface area contributed by atoms with Crippen molar-refractivity contribution in [3.8, 4) is 0 Å². The molecular weight excluding hydrogens is 242 g/mol. The molecule has 0 saturated heterocycles. The smallest absolute Gasteiger partial charge is 0.272 e. The molecule has 1 atom stereocenters. The van der Waals surface area contributed by atoms with Gasteiger partial charge in [0.15, 0.2) is 0 Å². The maximum atomic E-state index is 10.8. The number of nitro groups is 1. The highest BCUT2D eigenvalue weighted by Crippen LogP contribution is 2.24. The average Bonchev–Trinajstić information content (AvgIpc) is 2.26. The molecule has 17 heavy (non-hydrogen) atoms. The second-order valence-electron chi connectivity index (χ2n) is 3.84. The van der Waals surface area contributed by atoms with Crippen LogP contribution in [0.4, 0.5) is 5.69 Å². The summed E-state index contributed by atoms with van der Waals surface area (Å²) in [4.78, 5) is 10.4. The van der Waals surface area contributed by atoms with Gasteiger partial charge >= 0.3 is 0 Å². The zero-order valence-electron chi connectivity index (χ0n) is 9.76. The Kier molecular flexibility index (Phi) is 6.72. The van der Waals surface area contributed by atoms with Gasteiger partial charge in [-0.25, -0.2) is 0 Å². The van der Waals surface area contributed by atoms with E-state index in [9.17, 15) is 10.1 Å². The van der Waals surface area contributed by atoms with Crippen LogP contribution in [0.5, 0.6) is 0 Å².